The van der Waals surface area contributed by atoms with Crippen molar-refractivity contribution in [1.29, 1.82) is 0 Å². The predicted molar refractivity (Wildman–Crippen MR) is 136 cm³/mol. The highest BCUT2D eigenvalue weighted by molar-refractivity contribution is 7.14. The van der Waals surface area contributed by atoms with Crippen LogP contribution in [0.2, 0.25) is 0 Å². The van der Waals surface area contributed by atoms with Gasteiger partial charge in [-0.05, 0) is 57.4 Å². The molecule has 8 nitrogen and oxygen atoms in total. The Bertz CT molecular complexity index is 1350. The van der Waals surface area contributed by atoms with Gasteiger partial charge in [-0.2, -0.15) is 5.10 Å². The molecule has 34 heavy (non-hydrogen) atoms. The molecule has 0 spiro atoms. The minimum atomic E-state index is -0.113. The van der Waals surface area contributed by atoms with Crippen LogP contribution in [0.3, 0.4) is 0 Å². The molecule has 0 aliphatic carbocycles. The van der Waals surface area contributed by atoms with E-state index >= 15 is 0 Å². The highest BCUT2D eigenvalue weighted by Crippen LogP contribution is 2.27. The topological polar surface area (TPSA) is 102 Å². The second-order valence-corrected chi connectivity index (χ2v) is 9.42. The standard InChI is InChI=1S/C25H28N6O2S/c1-14(2)31-24-21(12-26-31)15(3)20(16(4)27-24)10-11-23(33)30-25-29-22(13-34-25)18-6-8-19(9-7-18)28-17(5)32/h6-9,12-14H,10-11H2,1-5H3,(H,28,32)(H,29,30,33). The second-order valence-electron chi connectivity index (χ2n) is 8.57. The Morgan fingerprint density at radius 3 is 2.50 bits per heavy atom. The number of carbonyl (C=O) groups excluding carboxylic acids is 2. The number of benzene rings is 1. The highest BCUT2D eigenvalue weighted by Gasteiger charge is 2.16. The Morgan fingerprint density at radius 2 is 1.82 bits per heavy atom. The van der Waals surface area contributed by atoms with Crippen molar-refractivity contribution < 1.29 is 9.59 Å². The lowest BCUT2D eigenvalue weighted by Crippen LogP contribution is -2.13. The number of rotatable bonds is 7. The number of hydrogen-bond acceptors (Lipinski definition) is 6. The summed E-state index contributed by atoms with van der Waals surface area (Å²) < 4.78 is 1.93. The maximum atomic E-state index is 12.6. The number of thiazole rings is 1. The van der Waals surface area contributed by atoms with Gasteiger partial charge in [0.05, 0.1) is 11.9 Å². The van der Waals surface area contributed by atoms with Gasteiger partial charge in [0.15, 0.2) is 10.8 Å². The summed E-state index contributed by atoms with van der Waals surface area (Å²) in [6, 6.07) is 7.67. The predicted octanol–water partition coefficient (Wildman–Crippen LogP) is 5.28. The fourth-order valence-electron chi connectivity index (χ4n) is 3.95. The average Bonchev–Trinajstić information content (AvgIpc) is 3.41. The van der Waals surface area contributed by atoms with Gasteiger partial charge in [-0.25, -0.2) is 14.6 Å². The van der Waals surface area contributed by atoms with Crippen molar-refractivity contribution in [2.24, 2.45) is 0 Å². The van der Waals surface area contributed by atoms with Crippen LogP contribution in [0.4, 0.5) is 10.8 Å². The van der Waals surface area contributed by atoms with Crippen molar-refractivity contribution in [3.63, 3.8) is 0 Å². The lowest BCUT2D eigenvalue weighted by Gasteiger charge is -2.12. The third-order valence-electron chi connectivity index (χ3n) is 5.68. The Morgan fingerprint density at radius 1 is 1.09 bits per heavy atom. The van der Waals surface area contributed by atoms with E-state index in [4.69, 9.17) is 4.98 Å². The van der Waals surface area contributed by atoms with E-state index in [0.29, 0.717) is 18.0 Å². The molecule has 0 atom stereocenters. The summed E-state index contributed by atoms with van der Waals surface area (Å²) in [6.45, 7) is 9.70. The van der Waals surface area contributed by atoms with Crippen LogP contribution in [0, 0.1) is 13.8 Å². The summed E-state index contributed by atoms with van der Waals surface area (Å²) in [4.78, 5) is 33.1. The first kappa shape index (κ1) is 23.6. The Kier molecular flexibility index (Phi) is 6.74. The Balaban J connectivity index is 1.41. The number of amides is 2. The van der Waals surface area contributed by atoms with Crippen molar-refractivity contribution in [2.75, 3.05) is 10.6 Å². The SMILES string of the molecule is CC(=O)Nc1ccc(-c2csc(NC(=O)CCc3c(C)nc4c(cnn4C(C)C)c3C)n2)cc1. The zero-order valence-corrected chi connectivity index (χ0v) is 20.8. The number of aromatic nitrogens is 4. The first-order valence-electron chi connectivity index (χ1n) is 11.2. The number of hydrogen-bond donors (Lipinski definition) is 2. The zero-order valence-electron chi connectivity index (χ0n) is 20.0. The lowest BCUT2D eigenvalue weighted by atomic mass is 10.0. The molecule has 0 radical (unpaired) electrons. The molecule has 0 aliphatic rings. The van der Waals surface area contributed by atoms with Gasteiger partial charge in [0.25, 0.3) is 0 Å². The maximum absolute atomic E-state index is 12.6. The summed E-state index contributed by atoms with van der Waals surface area (Å²) in [5, 5.41) is 13.6. The fraction of sp³-hybridized carbons (Fsp3) is 0.320. The molecular weight excluding hydrogens is 448 g/mol. The normalized spacial score (nSPS) is 11.2. The van der Waals surface area contributed by atoms with Crippen molar-refractivity contribution in [3.05, 3.63) is 52.7 Å². The Labute approximate surface area is 202 Å². The van der Waals surface area contributed by atoms with Gasteiger partial charge in [0.1, 0.15) is 0 Å². The lowest BCUT2D eigenvalue weighted by molar-refractivity contribution is -0.116. The molecule has 4 aromatic rings. The molecule has 3 heterocycles. The zero-order chi connectivity index (χ0) is 24.4. The van der Waals surface area contributed by atoms with Crippen LogP contribution in [-0.2, 0) is 16.0 Å². The van der Waals surface area contributed by atoms with E-state index in [0.717, 1.165) is 44.8 Å². The van der Waals surface area contributed by atoms with Crippen LogP contribution in [0.25, 0.3) is 22.3 Å². The molecular formula is C25H28N6O2S. The molecule has 4 rings (SSSR count). The summed E-state index contributed by atoms with van der Waals surface area (Å²) in [7, 11) is 0. The molecule has 9 heteroatoms. The van der Waals surface area contributed by atoms with E-state index in [-0.39, 0.29) is 17.9 Å². The summed E-state index contributed by atoms with van der Waals surface area (Å²) in [6.07, 6.45) is 2.80. The molecule has 1 aromatic carbocycles. The van der Waals surface area contributed by atoms with Crippen molar-refractivity contribution in [2.45, 2.75) is 53.5 Å². The van der Waals surface area contributed by atoms with Gasteiger partial charge in [-0.3, -0.25) is 9.59 Å². The minimum absolute atomic E-state index is 0.0846. The smallest absolute Gasteiger partial charge is 0.226 e. The largest absolute Gasteiger partial charge is 0.326 e. The molecule has 3 aromatic heterocycles. The molecule has 0 fully saturated rings. The van der Waals surface area contributed by atoms with Gasteiger partial charge in [-0.15, -0.1) is 11.3 Å². The third-order valence-corrected chi connectivity index (χ3v) is 6.44. The first-order chi connectivity index (χ1) is 16.2. The van der Waals surface area contributed by atoms with Crippen LogP contribution >= 0.6 is 11.3 Å². The number of carbonyl (C=O) groups is 2. The van der Waals surface area contributed by atoms with Crippen molar-refractivity contribution in [1.82, 2.24) is 19.7 Å². The average molecular weight is 477 g/mol. The van der Waals surface area contributed by atoms with E-state index in [1.165, 1.54) is 18.3 Å². The number of anilines is 2. The van der Waals surface area contributed by atoms with Gasteiger partial charge < -0.3 is 10.6 Å². The van der Waals surface area contributed by atoms with E-state index in [2.05, 4.69) is 41.5 Å². The van der Waals surface area contributed by atoms with E-state index in [1.54, 1.807) is 0 Å². The van der Waals surface area contributed by atoms with Crippen LogP contribution in [0.5, 0.6) is 0 Å². The second kappa shape index (κ2) is 9.72. The van der Waals surface area contributed by atoms with Crippen molar-refractivity contribution >= 4 is 45.0 Å². The molecule has 0 saturated carbocycles. The highest BCUT2D eigenvalue weighted by atomic mass is 32.1. The maximum Gasteiger partial charge on any atom is 0.226 e. The quantitative estimate of drug-likeness (QED) is 0.378. The van der Waals surface area contributed by atoms with E-state index in [9.17, 15) is 9.59 Å². The number of aryl methyl sites for hydroxylation is 2. The van der Waals surface area contributed by atoms with Gasteiger partial charge in [0.2, 0.25) is 11.8 Å². The summed E-state index contributed by atoms with van der Waals surface area (Å²) >= 11 is 1.39. The van der Waals surface area contributed by atoms with Crippen molar-refractivity contribution in [3.8, 4) is 11.3 Å². The molecule has 176 valence electrons. The monoisotopic (exact) mass is 476 g/mol. The van der Waals surface area contributed by atoms with Gasteiger partial charge in [-0.1, -0.05) is 12.1 Å². The first-order valence-corrected chi connectivity index (χ1v) is 12.1. The molecule has 0 unspecified atom stereocenters. The third kappa shape index (κ3) is 4.99. The molecule has 2 N–H and O–H groups in total. The number of pyridine rings is 1. The molecule has 2 amide bonds. The minimum Gasteiger partial charge on any atom is -0.326 e. The fourth-order valence-corrected chi connectivity index (χ4v) is 4.69. The number of nitrogens with one attached hydrogen (secondary N) is 2. The summed E-state index contributed by atoms with van der Waals surface area (Å²) in [5.41, 5.74) is 6.45. The Hall–Kier alpha value is -3.59. The molecule has 0 aliphatic heterocycles. The van der Waals surface area contributed by atoms with Crippen LogP contribution < -0.4 is 10.6 Å². The van der Waals surface area contributed by atoms with Gasteiger partial charge in [0, 0.05) is 47.1 Å². The number of nitrogens with zero attached hydrogens (tertiary/aromatic N) is 4. The number of fused-ring (bicyclic) bond motifs is 1. The van der Waals surface area contributed by atoms with E-state index in [1.807, 2.05) is 47.4 Å². The summed E-state index contributed by atoms with van der Waals surface area (Å²) in [5.74, 6) is -0.197. The van der Waals surface area contributed by atoms with E-state index < -0.39 is 0 Å². The molecule has 0 bridgehead atoms. The van der Waals surface area contributed by atoms with Crippen LogP contribution in [-0.4, -0.2) is 31.6 Å². The van der Waals surface area contributed by atoms with Crippen LogP contribution in [0.1, 0.15) is 50.1 Å². The van der Waals surface area contributed by atoms with Crippen LogP contribution in [0.15, 0.2) is 35.8 Å². The van der Waals surface area contributed by atoms with Gasteiger partial charge >= 0.3 is 0 Å². The molecule has 0 saturated heterocycles.